The topological polar surface area (TPSA) is 47.6 Å². The Bertz CT molecular complexity index is 765. The van der Waals surface area contributed by atoms with Crippen LogP contribution in [-0.4, -0.2) is 20.1 Å². The van der Waals surface area contributed by atoms with Gasteiger partial charge in [0.15, 0.2) is 0 Å². The Balaban J connectivity index is 1.78. The fourth-order valence-electron chi connectivity index (χ4n) is 3.41. The zero-order valence-electron chi connectivity index (χ0n) is 16.0. The minimum absolute atomic E-state index is 0.0617. The highest BCUT2D eigenvalue weighted by molar-refractivity contribution is 5.79. The molecule has 4 heteroatoms. The predicted molar refractivity (Wildman–Crippen MR) is 107 cm³/mol. The van der Waals surface area contributed by atoms with E-state index in [1.54, 1.807) is 14.2 Å². The van der Waals surface area contributed by atoms with Gasteiger partial charge in [0.2, 0.25) is 5.91 Å². The number of carbonyl (C=O) groups is 1. The summed E-state index contributed by atoms with van der Waals surface area (Å²) in [5.41, 5.74) is 2.23. The summed E-state index contributed by atoms with van der Waals surface area (Å²) in [6, 6.07) is 15.8. The molecule has 0 fully saturated rings. The molecule has 0 aromatic heterocycles. The summed E-state index contributed by atoms with van der Waals surface area (Å²) in [5.74, 6) is 1.84. The van der Waals surface area contributed by atoms with Crippen molar-refractivity contribution in [2.45, 2.75) is 31.7 Å². The summed E-state index contributed by atoms with van der Waals surface area (Å²) >= 11 is 0. The van der Waals surface area contributed by atoms with Gasteiger partial charge in [0.05, 0.1) is 20.3 Å². The van der Waals surface area contributed by atoms with Crippen LogP contribution in [0.4, 0.5) is 0 Å². The maximum absolute atomic E-state index is 12.8. The molecule has 0 saturated carbocycles. The molecule has 2 aromatic carbocycles. The van der Waals surface area contributed by atoms with E-state index in [0.717, 1.165) is 48.3 Å². The first-order chi connectivity index (χ1) is 13.2. The van der Waals surface area contributed by atoms with E-state index in [1.807, 2.05) is 48.5 Å². The molecule has 1 amide bonds. The van der Waals surface area contributed by atoms with E-state index in [4.69, 9.17) is 9.47 Å². The fourth-order valence-corrected chi connectivity index (χ4v) is 3.41. The van der Waals surface area contributed by atoms with Gasteiger partial charge in [0.1, 0.15) is 11.5 Å². The summed E-state index contributed by atoms with van der Waals surface area (Å²) in [6.07, 6.45) is 7.71. The van der Waals surface area contributed by atoms with Crippen molar-refractivity contribution in [3.8, 4) is 11.5 Å². The Morgan fingerprint density at radius 3 is 2.19 bits per heavy atom. The van der Waals surface area contributed by atoms with Crippen molar-refractivity contribution in [3.05, 3.63) is 71.8 Å². The van der Waals surface area contributed by atoms with Gasteiger partial charge in [-0.1, -0.05) is 36.4 Å². The number of hydrogen-bond acceptors (Lipinski definition) is 3. The maximum Gasteiger partial charge on any atom is 0.223 e. The van der Waals surface area contributed by atoms with E-state index in [1.165, 1.54) is 0 Å². The smallest absolute Gasteiger partial charge is 0.223 e. The van der Waals surface area contributed by atoms with Gasteiger partial charge in [-0.05, 0) is 61.1 Å². The molecule has 1 aliphatic rings. The molecule has 0 spiro atoms. The van der Waals surface area contributed by atoms with Crippen molar-refractivity contribution in [2.24, 2.45) is 5.92 Å². The van der Waals surface area contributed by atoms with E-state index in [-0.39, 0.29) is 17.9 Å². The lowest BCUT2D eigenvalue weighted by molar-refractivity contribution is -0.126. The highest BCUT2D eigenvalue weighted by Crippen LogP contribution is 2.25. The molecule has 2 aromatic rings. The van der Waals surface area contributed by atoms with Gasteiger partial charge >= 0.3 is 0 Å². The van der Waals surface area contributed by atoms with Gasteiger partial charge < -0.3 is 14.8 Å². The molecular formula is C23H27NO3. The van der Waals surface area contributed by atoms with Crippen molar-refractivity contribution in [1.82, 2.24) is 5.32 Å². The second kappa shape index (κ2) is 9.26. The number of benzene rings is 2. The monoisotopic (exact) mass is 365 g/mol. The quantitative estimate of drug-likeness (QED) is 0.737. The zero-order chi connectivity index (χ0) is 19.1. The van der Waals surface area contributed by atoms with Crippen LogP contribution in [0, 0.1) is 5.92 Å². The van der Waals surface area contributed by atoms with Crippen molar-refractivity contribution in [3.63, 3.8) is 0 Å². The molecule has 3 rings (SSSR count). The number of carbonyl (C=O) groups excluding carboxylic acids is 1. The van der Waals surface area contributed by atoms with Gasteiger partial charge in [-0.25, -0.2) is 0 Å². The van der Waals surface area contributed by atoms with Crippen molar-refractivity contribution >= 4 is 5.91 Å². The van der Waals surface area contributed by atoms with E-state index in [9.17, 15) is 4.79 Å². The van der Waals surface area contributed by atoms with Crippen LogP contribution in [0.15, 0.2) is 60.7 Å². The van der Waals surface area contributed by atoms with Crippen LogP contribution >= 0.6 is 0 Å². The fraction of sp³-hybridized carbons (Fsp3) is 0.348. The molecular weight excluding hydrogens is 338 g/mol. The number of ether oxygens (including phenoxy) is 2. The molecule has 0 bridgehead atoms. The van der Waals surface area contributed by atoms with Gasteiger partial charge in [0, 0.05) is 5.92 Å². The first-order valence-electron chi connectivity index (χ1n) is 9.42. The highest BCUT2D eigenvalue weighted by atomic mass is 16.5. The van der Waals surface area contributed by atoms with Gasteiger partial charge in [-0.2, -0.15) is 0 Å². The summed E-state index contributed by atoms with van der Waals surface area (Å²) in [6.45, 7) is 0. The third kappa shape index (κ3) is 5.13. The normalized spacial score (nSPS) is 17.2. The second-order valence-corrected chi connectivity index (χ2v) is 6.87. The summed E-state index contributed by atoms with van der Waals surface area (Å²) in [4.78, 5) is 12.8. The average molecular weight is 365 g/mol. The van der Waals surface area contributed by atoms with E-state index in [2.05, 4.69) is 17.5 Å². The zero-order valence-corrected chi connectivity index (χ0v) is 16.0. The maximum atomic E-state index is 12.8. The van der Waals surface area contributed by atoms with Crippen LogP contribution in [0.1, 0.15) is 36.4 Å². The van der Waals surface area contributed by atoms with Crippen LogP contribution < -0.4 is 14.8 Å². The third-order valence-corrected chi connectivity index (χ3v) is 5.07. The molecule has 27 heavy (non-hydrogen) atoms. The van der Waals surface area contributed by atoms with E-state index >= 15 is 0 Å². The molecule has 142 valence electrons. The molecule has 0 unspecified atom stereocenters. The first-order valence-corrected chi connectivity index (χ1v) is 9.42. The minimum atomic E-state index is -0.0808. The number of hydrogen-bond donors (Lipinski definition) is 1. The van der Waals surface area contributed by atoms with Crippen molar-refractivity contribution < 1.29 is 14.3 Å². The third-order valence-electron chi connectivity index (χ3n) is 5.07. The number of methoxy groups -OCH3 is 2. The number of amides is 1. The van der Waals surface area contributed by atoms with Crippen LogP contribution in [0.2, 0.25) is 0 Å². The Hall–Kier alpha value is -2.75. The Morgan fingerprint density at radius 1 is 1.00 bits per heavy atom. The van der Waals surface area contributed by atoms with Gasteiger partial charge in [-0.3, -0.25) is 4.79 Å². The lowest BCUT2D eigenvalue weighted by Gasteiger charge is -2.24. The van der Waals surface area contributed by atoms with Crippen LogP contribution in [-0.2, 0) is 11.2 Å². The Morgan fingerprint density at radius 2 is 1.63 bits per heavy atom. The average Bonchev–Trinajstić information content (AvgIpc) is 2.74. The molecule has 1 N–H and O–H groups in total. The van der Waals surface area contributed by atoms with E-state index < -0.39 is 0 Å². The van der Waals surface area contributed by atoms with Crippen molar-refractivity contribution in [2.75, 3.05) is 14.2 Å². The van der Waals surface area contributed by atoms with Crippen LogP contribution in [0.25, 0.3) is 0 Å². The number of allylic oxidation sites excluding steroid dienone is 2. The van der Waals surface area contributed by atoms with Crippen molar-refractivity contribution in [1.29, 1.82) is 0 Å². The SMILES string of the molecule is COc1ccc(C[C@H](NC(=O)[C@H]2CC=CCC2)c2ccc(OC)cc2)cc1. The highest BCUT2D eigenvalue weighted by Gasteiger charge is 2.23. The standard InChI is InChI=1S/C23H27NO3/c1-26-20-12-8-17(9-13-20)16-22(18-10-14-21(27-2)15-11-18)24-23(25)19-6-4-3-5-7-19/h3-4,8-15,19,22H,5-7,16H2,1-2H3,(H,24,25)/t19-,22-/m0/s1. The second-order valence-electron chi connectivity index (χ2n) is 6.87. The predicted octanol–water partition coefficient (Wildman–Crippen LogP) is 4.46. The lowest BCUT2D eigenvalue weighted by Crippen LogP contribution is -2.35. The minimum Gasteiger partial charge on any atom is -0.497 e. The summed E-state index contributed by atoms with van der Waals surface area (Å²) in [5, 5.41) is 3.27. The van der Waals surface area contributed by atoms with Gasteiger partial charge in [-0.15, -0.1) is 0 Å². The first kappa shape index (κ1) is 19.0. The Labute approximate surface area is 161 Å². The van der Waals surface area contributed by atoms with Gasteiger partial charge in [0.25, 0.3) is 0 Å². The number of nitrogens with one attached hydrogen (secondary N) is 1. The molecule has 0 heterocycles. The molecule has 0 radical (unpaired) electrons. The lowest BCUT2D eigenvalue weighted by atomic mass is 9.92. The Kier molecular flexibility index (Phi) is 6.53. The van der Waals surface area contributed by atoms with Crippen LogP contribution in [0.5, 0.6) is 11.5 Å². The largest absolute Gasteiger partial charge is 0.497 e. The molecule has 0 saturated heterocycles. The molecule has 0 aliphatic heterocycles. The summed E-state index contributed by atoms with van der Waals surface area (Å²) in [7, 11) is 3.32. The molecule has 1 aliphatic carbocycles. The molecule has 2 atom stereocenters. The van der Waals surface area contributed by atoms with Crippen LogP contribution in [0.3, 0.4) is 0 Å². The number of rotatable bonds is 7. The van der Waals surface area contributed by atoms with E-state index in [0.29, 0.717) is 0 Å². The molecule has 4 nitrogen and oxygen atoms in total. The summed E-state index contributed by atoms with van der Waals surface area (Å²) < 4.78 is 10.5.